The second-order valence-electron chi connectivity index (χ2n) is 14.3. The maximum atomic E-state index is 13.6. The fraction of sp³-hybridized carbons (Fsp3) is 0.656. The topological polar surface area (TPSA) is 129 Å². The molecule has 6 fully saturated rings. The number of piperidine rings is 1. The molecule has 10 rings (SSSR count). The minimum Gasteiger partial charge on any atom is -0.504 e. The Morgan fingerprint density at radius 3 is 2.93 bits per heavy atom. The van der Waals surface area contributed by atoms with Crippen LogP contribution in [0.15, 0.2) is 24.7 Å². The molecule has 42 heavy (non-hydrogen) atoms. The molecule has 6 bridgehead atoms. The third-order valence-corrected chi connectivity index (χ3v) is 12.8. The smallest absolute Gasteiger partial charge is 0.243 e. The van der Waals surface area contributed by atoms with E-state index in [1.165, 1.54) is 37.4 Å². The van der Waals surface area contributed by atoms with Crippen LogP contribution in [0.3, 0.4) is 0 Å². The Morgan fingerprint density at radius 1 is 1.33 bits per heavy atom. The molecule has 6 aliphatic carbocycles. The zero-order chi connectivity index (χ0) is 28.6. The molecule has 1 unspecified atom stereocenters. The van der Waals surface area contributed by atoms with E-state index in [1.54, 1.807) is 19.6 Å². The summed E-state index contributed by atoms with van der Waals surface area (Å²) < 4.78 is 13.5. The quantitative estimate of drug-likeness (QED) is 0.360. The zero-order valence-corrected chi connectivity index (χ0v) is 24.2. The molecule has 1 aromatic carbocycles. The Kier molecular flexibility index (Phi) is 4.88. The predicted molar refractivity (Wildman–Crippen MR) is 151 cm³/mol. The van der Waals surface area contributed by atoms with Crippen LogP contribution in [0.4, 0.5) is 0 Å². The van der Waals surface area contributed by atoms with E-state index < -0.39 is 11.6 Å². The Labute approximate surface area is 244 Å². The molecule has 1 aromatic heterocycles. The van der Waals surface area contributed by atoms with Crippen LogP contribution in [0.1, 0.15) is 55.8 Å². The summed E-state index contributed by atoms with van der Waals surface area (Å²) in [5.74, 6) is 1.54. The third kappa shape index (κ3) is 2.82. The molecular formula is C32H39N5O5. The molecule has 3 heterocycles. The van der Waals surface area contributed by atoms with E-state index in [0.717, 1.165) is 43.8 Å². The summed E-state index contributed by atoms with van der Waals surface area (Å²) in [7, 11) is 1.81. The molecule has 2 amide bonds. The minimum absolute atomic E-state index is 0.0134. The van der Waals surface area contributed by atoms with E-state index in [0.29, 0.717) is 24.8 Å². The van der Waals surface area contributed by atoms with Gasteiger partial charge in [-0.1, -0.05) is 6.07 Å². The normalized spacial score (nSPS) is 40.2. The molecule has 4 N–H and O–H groups in total. The summed E-state index contributed by atoms with van der Waals surface area (Å²) in [6.45, 7) is 4.14. The summed E-state index contributed by atoms with van der Waals surface area (Å²) in [5.41, 5.74) is 2.41. The van der Waals surface area contributed by atoms with Crippen molar-refractivity contribution in [3.05, 3.63) is 41.5 Å². The second-order valence-corrected chi connectivity index (χ2v) is 14.3. The van der Waals surface area contributed by atoms with Crippen LogP contribution in [-0.2, 0) is 32.6 Å². The number of rotatable bonds is 9. The molecule has 8 atom stereocenters. The van der Waals surface area contributed by atoms with E-state index in [2.05, 4.69) is 31.6 Å². The van der Waals surface area contributed by atoms with Gasteiger partial charge in [0.15, 0.2) is 11.5 Å². The number of benzene rings is 1. The number of imidazole rings is 1. The highest BCUT2D eigenvalue weighted by Crippen LogP contribution is 2.90. The van der Waals surface area contributed by atoms with Crippen LogP contribution in [-0.4, -0.2) is 82.3 Å². The van der Waals surface area contributed by atoms with Gasteiger partial charge >= 0.3 is 0 Å². The molecule has 1 saturated heterocycles. The van der Waals surface area contributed by atoms with Crippen LogP contribution in [0, 0.1) is 22.7 Å². The third-order valence-electron chi connectivity index (χ3n) is 12.8. The standard InChI is InChI=1S/C32H39N5O5/c1-17(38)36-21(10-20-12-33-16-35-20)27(40)34-15-30-14-29-11-23(30)32(30,41-2)28-31(29)7-8-37(13-18-3-4-18)24(29)9-19-5-6-22(39)26(42-28)25(19)31/h5-6,12,16,18,21,23-24,28,39H,3-4,7-11,13-15H2,1-2H3,(H,33,35)(H,34,40)(H,36,38)/t21-,23?,24+,28+,29+,30-,31-,32-/m0/s1. The summed E-state index contributed by atoms with van der Waals surface area (Å²) in [6.07, 6.45) is 10.1. The van der Waals surface area contributed by atoms with Crippen LogP contribution in [0.25, 0.3) is 0 Å². The van der Waals surface area contributed by atoms with Crippen molar-refractivity contribution in [2.24, 2.45) is 22.7 Å². The lowest BCUT2D eigenvalue weighted by molar-refractivity contribution is -0.207. The Bertz CT molecular complexity index is 1510. The first-order valence-electron chi connectivity index (χ1n) is 15.6. The first-order chi connectivity index (χ1) is 20.3. The number of methoxy groups -OCH3 is 1. The number of aromatic nitrogens is 2. The number of carbonyl (C=O) groups excluding carboxylic acids is 2. The number of carbonyl (C=O) groups is 2. The van der Waals surface area contributed by atoms with Gasteiger partial charge in [0.1, 0.15) is 17.7 Å². The van der Waals surface area contributed by atoms with E-state index in [4.69, 9.17) is 9.47 Å². The molecule has 2 spiro atoms. The number of H-pyrrole nitrogens is 1. The zero-order valence-electron chi connectivity index (χ0n) is 24.2. The van der Waals surface area contributed by atoms with Gasteiger partial charge in [-0.2, -0.15) is 0 Å². The van der Waals surface area contributed by atoms with Crippen molar-refractivity contribution < 1.29 is 24.2 Å². The van der Waals surface area contributed by atoms with Gasteiger partial charge in [-0.15, -0.1) is 0 Å². The van der Waals surface area contributed by atoms with E-state index in [9.17, 15) is 14.7 Å². The van der Waals surface area contributed by atoms with E-state index in [-0.39, 0.29) is 45.8 Å². The number of phenols is 1. The lowest BCUT2D eigenvalue weighted by Crippen LogP contribution is -2.76. The van der Waals surface area contributed by atoms with Gasteiger partial charge in [0.2, 0.25) is 11.8 Å². The van der Waals surface area contributed by atoms with Gasteiger partial charge in [0.25, 0.3) is 0 Å². The second kappa shape index (κ2) is 8.08. The average molecular weight is 574 g/mol. The summed E-state index contributed by atoms with van der Waals surface area (Å²) in [6, 6.07) is 3.67. The number of amides is 2. The Hall–Kier alpha value is -3.11. The Morgan fingerprint density at radius 2 is 2.19 bits per heavy atom. The van der Waals surface area contributed by atoms with Gasteiger partial charge in [-0.05, 0) is 62.6 Å². The number of nitrogens with zero attached hydrogens (tertiary/aromatic N) is 2. The number of hydrogen-bond acceptors (Lipinski definition) is 7. The monoisotopic (exact) mass is 573 g/mol. The molecule has 5 saturated carbocycles. The highest BCUT2D eigenvalue weighted by atomic mass is 16.6. The highest BCUT2D eigenvalue weighted by molar-refractivity contribution is 5.87. The summed E-state index contributed by atoms with van der Waals surface area (Å²) >= 11 is 0. The van der Waals surface area contributed by atoms with Gasteiger partial charge in [0.05, 0.1) is 6.33 Å². The van der Waals surface area contributed by atoms with Crippen molar-refractivity contribution in [2.75, 3.05) is 26.7 Å². The first kappa shape index (κ1) is 25.4. The molecule has 222 valence electrons. The fourth-order valence-corrected chi connectivity index (χ4v) is 11.3. The molecule has 10 nitrogen and oxygen atoms in total. The van der Waals surface area contributed by atoms with Gasteiger partial charge in [0, 0.05) is 79.2 Å². The lowest BCUT2D eigenvalue weighted by atomic mass is 9.40. The molecular weight excluding hydrogens is 534 g/mol. The van der Waals surface area contributed by atoms with Crippen molar-refractivity contribution in [3.63, 3.8) is 0 Å². The van der Waals surface area contributed by atoms with Crippen LogP contribution >= 0.6 is 0 Å². The van der Waals surface area contributed by atoms with E-state index in [1.807, 2.05) is 6.07 Å². The predicted octanol–water partition coefficient (Wildman–Crippen LogP) is 1.81. The minimum atomic E-state index is -0.701. The van der Waals surface area contributed by atoms with Crippen LogP contribution in [0.2, 0.25) is 0 Å². The van der Waals surface area contributed by atoms with Crippen molar-refractivity contribution in [3.8, 4) is 11.5 Å². The van der Waals surface area contributed by atoms with Crippen molar-refractivity contribution in [1.29, 1.82) is 0 Å². The molecule has 8 aliphatic rings. The highest BCUT2D eigenvalue weighted by Gasteiger charge is 2.97. The maximum Gasteiger partial charge on any atom is 0.243 e. The summed E-state index contributed by atoms with van der Waals surface area (Å²) in [5, 5.41) is 17.1. The number of ether oxygens (including phenoxy) is 2. The molecule has 2 aliphatic heterocycles. The van der Waals surface area contributed by atoms with Crippen LogP contribution < -0.4 is 15.4 Å². The largest absolute Gasteiger partial charge is 0.504 e. The maximum absolute atomic E-state index is 13.6. The van der Waals surface area contributed by atoms with Gasteiger partial charge in [-0.3, -0.25) is 14.5 Å². The molecule has 2 aromatic rings. The lowest BCUT2D eigenvalue weighted by Gasteiger charge is -2.68. The van der Waals surface area contributed by atoms with Crippen molar-refractivity contribution in [1.82, 2.24) is 25.5 Å². The first-order valence-corrected chi connectivity index (χ1v) is 15.6. The number of aromatic amines is 1. The number of aromatic hydroxyl groups is 1. The fourth-order valence-electron chi connectivity index (χ4n) is 11.3. The van der Waals surface area contributed by atoms with Crippen molar-refractivity contribution in [2.45, 2.75) is 81.1 Å². The Balaban J connectivity index is 1.08. The number of hydrogen-bond donors (Lipinski definition) is 4. The summed E-state index contributed by atoms with van der Waals surface area (Å²) in [4.78, 5) is 35.5. The number of nitrogens with one attached hydrogen (secondary N) is 3. The van der Waals surface area contributed by atoms with Crippen molar-refractivity contribution >= 4 is 11.8 Å². The van der Waals surface area contributed by atoms with Crippen LogP contribution in [0.5, 0.6) is 11.5 Å². The number of likely N-dealkylation sites (tertiary alicyclic amines) is 1. The number of phenolic OH excluding ortho intramolecular Hbond substituents is 1. The SMILES string of the molecule is CO[C@]12C3C[C@@]4(C[C@]31CNC(=O)[C@H](Cc1cnc[nH]1)NC(C)=O)[C@H]1Cc3ccc(O)c5c3[C@@]4(CCN1CC1CC1)[C@H]2O5. The van der Waals surface area contributed by atoms with Gasteiger partial charge < -0.3 is 30.2 Å². The van der Waals surface area contributed by atoms with Gasteiger partial charge in [-0.25, -0.2) is 4.98 Å². The molecule has 0 radical (unpaired) electrons. The molecule has 10 heteroatoms. The average Bonchev–Trinajstić information content (AvgIpc) is 3.64. The van der Waals surface area contributed by atoms with E-state index >= 15 is 0 Å².